The van der Waals surface area contributed by atoms with Gasteiger partial charge in [0.2, 0.25) is 0 Å². The summed E-state index contributed by atoms with van der Waals surface area (Å²) in [5.74, 6) is 1.17. The lowest BCUT2D eigenvalue weighted by Crippen LogP contribution is -2.15. The lowest BCUT2D eigenvalue weighted by atomic mass is 10.3. The van der Waals surface area contributed by atoms with E-state index in [1.165, 1.54) is 4.68 Å². The molecule has 4 nitrogen and oxygen atoms in total. The molecule has 0 spiro atoms. The quantitative estimate of drug-likeness (QED) is 0.948. The number of ether oxygens (including phenoxy) is 1. The Bertz CT molecular complexity index is 641. The molecule has 94 valence electrons. The molecule has 3 rings (SSSR count). The standard InChI is InChI=1S/C13H13BrN2O2/c1-18-10-5-3-2-4-9(10)16-13(17)11(14)12(15-16)8-6-7-8/h2-5,8,15H,6-7H2,1H3. The lowest BCUT2D eigenvalue weighted by molar-refractivity contribution is 0.411. The molecule has 1 N–H and O–H groups in total. The highest BCUT2D eigenvalue weighted by molar-refractivity contribution is 9.10. The van der Waals surface area contributed by atoms with Crippen LogP contribution in [0.4, 0.5) is 0 Å². The highest BCUT2D eigenvalue weighted by Crippen LogP contribution is 2.41. The number of nitrogens with one attached hydrogen (secondary N) is 1. The highest BCUT2D eigenvalue weighted by Gasteiger charge is 2.30. The van der Waals surface area contributed by atoms with Crippen LogP contribution >= 0.6 is 15.9 Å². The summed E-state index contributed by atoms with van der Waals surface area (Å²) in [6.45, 7) is 0. The first-order valence-corrected chi connectivity index (χ1v) is 6.65. The predicted molar refractivity (Wildman–Crippen MR) is 72.6 cm³/mol. The van der Waals surface area contributed by atoms with Crippen LogP contribution in [0.15, 0.2) is 33.5 Å². The third-order valence-electron chi connectivity index (χ3n) is 3.17. The van der Waals surface area contributed by atoms with E-state index in [-0.39, 0.29) is 5.56 Å². The van der Waals surface area contributed by atoms with E-state index in [0.29, 0.717) is 16.1 Å². The van der Waals surface area contributed by atoms with Crippen molar-refractivity contribution in [2.75, 3.05) is 7.11 Å². The van der Waals surface area contributed by atoms with Crippen LogP contribution in [0.25, 0.3) is 5.69 Å². The number of aromatic nitrogens is 2. The van der Waals surface area contributed by atoms with E-state index in [1.54, 1.807) is 7.11 Å². The first kappa shape index (κ1) is 11.6. The minimum atomic E-state index is -0.0681. The zero-order chi connectivity index (χ0) is 12.7. The average Bonchev–Trinajstić information content (AvgIpc) is 3.19. The van der Waals surface area contributed by atoms with Crippen LogP contribution in [0, 0.1) is 0 Å². The fraction of sp³-hybridized carbons (Fsp3) is 0.308. The Kier molecular flexibility index (Phi) is 2.78. The zero-order valence-corrected chi connectivity index (χ0v) is 11.5. The summed E-state index contributed by atoms with van der Waals surface area (Å²) in [6, 6.07) is 7.47. The van der Waals surface area contributed by atoms with Crippen LogP contribution in [0.5, 0.6) is 5.75 Å². The van der Waals surface area contributed by atoms with Gasteiger partial charge in [-0.1, -0.05) is 12.1 Å². The molecular formula is C13H13BrN2O2. The van der Waals surface area contributed by atoms with Crippen molar-refractivity contribution in [2.45, 2.75) is 18.8 Å². The highest BCUT2D eigenvalue weighted by atomic mass is 79.9. The van der Waals surface area contributed by atoms with Gasteiger partial charge in [-0.3, -0.25) is 9.89 Å². The van der Waals surface area contributed by atoms with E-state index in [0.717, 1.165) is 24.2 Å². The van der Waals surface area contributed by atoms with Gasteiger partial charge in [0.15, 0.2) is 0 Å². The van der Waals surface area contributed by atoms with E-state index >= 15 is 0 Å². The lowest BCUT2D eigenvalue weighted by Gasteiger charge is -2.07. The normalized spacial score (nSPS) is 14.8. The fourth-order valence-electron chi connectivity index (χ4n) is 2.06. The molecule has 1 aromatic heterocycles. The number of hydrogen-bond acceptors (Lipinski definition) is 2. The van der Waals surface area contributed by atoms with Crippen molar-refractivity contribution >= 4 is 15.9 Å². The molecule has 1 aliphatic carbocycles. The minimum absolute atomic E-state index is 0.0681. The Hall–Kier alpha value is -1.49. The molecule has 1 heterocycles. The summed E-state index contributed by atoms with van der Waals surface area (Å²) in [5, 5.41) is 3.18. The molecule has 5 heteroatoms. The first-order valence-electron chi connectivity index (χ1n) is 5.86. The van der Waals surface area contributed by atoms with Gasteiger partial charge in [0, 0.05) is 5.92 Å². The average molecular weight is 309 g/mol. The van der Waals surface area contributed by atoms with Crippen LogP contribution < -0.4 is 10.3 Å². The number of benzene rings is 1. The van der Waals surface area contributed by atoms with Crippen molar-refractivity contribution in [1.29, 1.82) is 0 Å². The second-order valence-electron chi connectivity index (χ2n) is 4.43. The van der Waals surface area contributed by atoms with Gasteiger partial charge in [0.1, 0.15) is 15.9 Å². The SMILES string of the molecule is COc1ccccc1-n1[nH]c(C2CC2)c(Br)c1=O. The molecule has 0 radical (unpaired) electrons. The van der Waals surface area contributed by atoms with Crippen molar-refractivity contribution in [3.63, 3.8) is 0 Å². The van der Waals surface area contributed by atoms with Gasteiger partial charge in [-0.2, -0.15) is 0 Å². The van der Waals surface area contributed by atoms with Crippen LogP contribution in [0.1, 0.15) is 24.5 Å². The van der Waals surface area contributed by atoms with Crippen LogP contribution in [-0.2, 0) is 0 Å². The summed E-state index contributed by atoms with van der Waals surface area (Å²) in [4.78, 5) is 12.2. The molecule has 0 unspecified atom stereocenters. The molecule has 18 heavy (non-hydrogen) atoms. The van der Waals surface area contributed by atoms with Crippen LogP contribution in [0.2, 0.25) is 0 Å². The van der Waals surface area contributed by atoms with Gasteiger partial charge in [-0.25, -0.2) is 4.68 Å². The summed E-state index contributed by atoms with van der Waals surface area (Å²) >= 11 is 3.38. The molecule has 0 saturated heterocycles. The molecule has 2 aromatic rings. The second-order valence-corrected chi connectivity index (χ2v) is 5.22. The molecular weight excluding hydrogens is 296 g/mol. The number of aromatic amines is 1. The maximum atomic E-state index is 12.2. The minimum Gasteiger partial charge on any atom is -0.494 e. The van der Waals surface area contributed by atoms with Crippen molar-refractivity contribution in [3.05, 3.63) is 44.8 Å². The van der Waals surface area contributed by atoms with E-state index in [1.807, 2.05) is 24.3 Å². The van der Waals surface area contributed by atoms with Crippen molar-refractivity contribution in [2.24, 2.45) is 0 Å². The maximum absolute atomic E-state index is 12.2. The number of halogens is 1. The van der Waals surface area contributed by atoms with E-state index in [4.69, 9.17) is 4.74 Å². The maximum Gasteiger partial charge on any atom is 0.285 e. The zero-order valence-electron chi connectivity index (χ0n) is 9.94. The Morgan fingerprint density at radius 3 is 2.78 bits per heavy atom. The third-order valence-corrected chi connectivity index (χ3v) is 3.94. The van der Waals surface area contributed by atoms with Crippen LogP contribution in [-0.4, -0.2) is 16.9 Å². The van der Waals surface area contributed by atoms with Crippen molar-refractivity contribution in [1.82, 2.24) is 9.78 Å². The van der Waals surface area contributed by atoms with Gasteiger partial charge in [0.25, 0.3) is 5.56 Å². The van der Waals surface area contributed by atoms with Crippen LogP contribution in [0.3, 0.4) is 0 Å². The van der Waals surface area contributed by atoms with E-state index in [9.17, 15) is 4.79 Å². The molecule has 0 amide bonds. The van der Waals surface area contributed by atoms with Gasteiger partial charge in [-0.15, -0.1) is 0 Å². The van der Waals surface area contributed by atoms with Gasteiger partial charge in [0.05, 0.1) is 12.8 Å². The topological polar surface area (TPSA) is 47.0 Å². The summed E-state index contributed by atoms with van der Waals surface area (Å²) in [7, 11) is 1.60. The molecule has 1 saturated carbocycles. The Labute approximate surface area is 113 Å². The molecule has 1 aliphatic rings. The number of H-pyrrole nitrogens is 1. The Morgan fingerprint density at radius 1 is 1.39 bits per heavy atom. The van der Waals surface area contributed by atoms with Gasteiger partial charge >= 0.3 is 0 Å². The molecule has 0 bridgehead atoms. The largest absolute Gasteiger partial charge is 0.494 e. The third kappa shape index (κ3) is 1.79. The number of hydrogen-bond donors (Lipinski definition) is 1. The Balaban J connectivity index is 2.17. The summed E-state index contributed by atoms with van der Waals surface area (Å²) in [6.07, 6.45) is 2.29. The predicted octanol–water partition coefficient (Wildman–Crippen LogP) is 2.81. The fourth-order valence-corrected chi connectivity index (χ4v) is 2.65. The van der Waals surface area contributed by atoms with Crippen molar-refractivity contribution in [3.8, 4) is 11.4 Å². The van der Waals surface area contributed by atoms with E-state index in [2.05, 4.69) is 21.0 Å². The summed E-state index contributed by atoms with van der Waals surface area (Å²) in [5.41, 5.74) is 1.66. The monoisotopic (exact) mass is 308 g/mol. The number of methoxy groups -OCH3 is 1. The summed E-state index contributed by atoms with van der Waals surface area (Å²) < 4.78 is 7.46. The number of nitrogens with zero attached hydrogens (tertiary/aromatic N) is 1. The van der Waals surface area contributed by atoms with E-state index < -0.39 is 0 Å². The smallest absolute Gasteiger partial charge is 0.285 e. The number of rotatable bonds is 3. The van der Waals surface area contributed by atoms with Gasteiger partial charge < -0.3 is 4.74 Å². The van der Waals surface area contributed by atoms with Crippen molar-refractivity contribution < 1.29 is 4.74 Å². The second kappa shape index (κ2) is 4.31. The first-order chi connectivity index (χ1) is 8.72. The number of para-hydroxylation sites is 2. The molecule has 0 aliphatic heterocycles. The molecule has 0 atom stereocenters. The molecule has 1 fully saturated rings. The molecule has 1 aromatic carbocycles. The van der Waals surface area contributed by atoms with Gasteiger partial charge in [-0.05, 0) is 40.9 Å². The Morgan fingerprint density at radius 2 is 2.11 bits per heavy atom.